The molecular weight excluding hydrogens is 500 g/mol. The predicted molar refractivity (Wildman–Crippen MR) is 146 cm³/mol. The number of para-hydroxylation sites is 1. The number of aromatic amines is 2. The van der Waals surface area contributed by atoms with Crippen LogP contribution in [0.2, 0.25) is 0 Å². The van der Waals surface area contributed by atoms with Gasteiger partial charge in [0.05, 0.1) is 40.0 Å². The summed E-state index contributed by atoms with van der Waals surface area (Å²) < 4.78 is 30.6. The normalized spacial score (nSPS) is 11.4. The number of imidazole rings is 1. The van der Waals surface area contributed by atoms with Gasteiger partial charge in [0.15, 0.2) is 11.6 Å². The van der Waals surface area contributed by atoms with Crippen LogP contribution in [-0.4, -0.2) is 36.0 Å². The van der Waals surface area contributed by atoms with Crippen molar-refractivity contribution >= 4 is 33.5 Å². The van der Waals surface area contributed by atoms with E-state index < -0.39 is 5.82 Å². The average molecular weight is 524 g/mol. The van der Waals surface area contributed by atoms with Gasteiger partial charge in [-0.2, -0.15) is 5.10 Å². The quantitative estimate of drug-likeness (QED) is 0.217. The molecule has 0 unspecified atom stereocenters. The van der Waals surface area contributed by atoms with E-state index in [1.54, 1.807) is 36.4 Å². The molecule has 1 amide bonds. The molecule has 4 heterocycles. The third-order valence-electron chi connectivity index (χ3n) is 6.50. The highest BCUT2D eigenvalue weighted by molar-refractivity contribution is 5.98. The van der Waals surface area contributed by atoms with Crippen molar-refractivity contribution < 1.29 is 13.6 Å². The Kier molecular flexibility index (Phi) is 6.28. The van der Waals surface area contributed by atoms with Crippen LogP contribution in [0.15, 0.2) is 67.1 Å². The molecule has 39 heavy (non-hydrogen) atoms. The molecule has 0 bridgehead atoms. The minimum Gasteiger partial charge on any atom is -0.337 e. The van der Waals surface area contributed by atoms with Gasteiger partial charge in [-0.25, -0.2) is 13.8 Å². The van der Waals surface area contributed by atoms with E-state index in [1.165, 1.54) is 24.7 Å². The lowest BCUT2D eigenvalue weighted by molar-refractivity contribution is -0.116. The summed E-state index contributed by atoms with van der Waals surface area (Å²) >= 11 is 0. The van der Waals surface area contributed by atoms with E-state index in [4.69, 9.17) is 0 Å². The van der Waals surface area contributed by atoms with Gasteiger partial charge in [-0.15, -0.1) is 0 Å². The van der Waals surface area contributed by atoms with Gasteiger partial charge >= 0.3 is 0 Å². The lowest BCUT2D eigenvalue weighted by Crippen LogP contribution is -2.11. The molecule has 0 aliphatic heterocycles. The molecule has 2 aromatic carbocycles. The smallest absolute Gasteiger partial charge is 0.224 e. The Morgan fingerprint density at radius 2 is 1.82 bits per heavy atom. The van der Waals surface area contributed by atoms with Crippen LogP contribution in [0.25, 0.3) is 55.8 Å². The predicted octanol–water partition coefficient (Wildman–Crippen LogP) is 6.64. The third-order valence-corrected chi connectivity index (χ3v) is 6.50. The van der Waals surface area contributed by atoms with Crippen molar-refractivity contribution in [2.24, 2.45) is 0 Å². The summed E-state index contributed by atoms with van der Waals surface area (Å²) in [5, 5.41) is 10.1. The first-order valence-electron chi connectivity index (χ1n) is 12.6. The summed E-state index contributed by atoms with van der Waals surface area (Å²) in [5.74, 6) is -0.774. The standard InChI is InChI=1S/C29H23F2N7O/c1-2-3-11-23(39)34-17-12-16(13-32-14-17)26-25(31)24-22(15-33-26)37-38-28(24)29-35-21-10-6-8-19(27(21)36-29)18-7-4-5-9-20(18)30/h4-10,12-15H,2-3,11H2,1H3,(H,34,39)(H,35,36)(H,37,38). The minimum absolute atomic E-state index is 0.0606. The van der Waals surface area contributed by atoms with Crippen LogP contribution < -0.4 is 5.32 Å². The molecule has 0 spiro atoms. The highest BCUT2D eigenvalue weighted by Gasteiger charge is 2.22. The Labute approximate surface area is 221 Å². The number of aromatic nitrogens is 6. The monoisotopic (exact) mass is 523 g/mol. The van der Waals surface area contributed by atoms with Crippen LogP contribution in [-0.2, 0) is 4.79 Å². The molecular formula is C29H23F2N7O. The zero-order valence-corrected chi connectivity index (χ0v) is 20.9. The number of carbonyl (C=O) groups is 1. The van der Waals surface area contributed by atoms with Gasteiger partial charge in [0, 0.05) is 29.3 Å². The van der Waals surface area contributed by atoms with Crippen molar-refractivity contribution in [2.75, 3.05) is 5.32 Å². The third kappa shape index (κ3) is 4.50. The topological polar surface area (TPSA) is 112 Å². The fourth-order valence-corrected chi connectivity index (χ4v) is 4.59. The van der Waals surface area contributed by atoms with E-state index >= 15 is 4.39 Å². The second-order valence-corrected chi connectivity index (χ2v) is 9.16. The maximum atomic E-state index is 16.0. The summed E-state index contributed by atoms with van der Waals surface area (Å²) in [7, 11) is 0. The number of rotatable bonds is 7. The van der Waals surface area contributed by atoms with Crippen molar-refractivity contribution in [3.05, 3.63) is 78.8 Å². The van der Waals surface area contributed by atoms with Gasteiger partial charge in [0.1, 0.15) is 17.2 Å². The number of amides is 1. The molecule has 6 rings (SSSR count). The van der Waals surface area contributed by atoms with Gasteiger partial charge in [0.25, 0.3) is 0 Å². The molecule has 0 saturated carbocycles. The molecule has 0 aliphatic rings. The SMILES string of the molecule is CCCCC(=O)Nc1cncc(-c2ncc3[nH]nc(-c4nc5c(-c6ccccc6F)cccc5[nH]4)c3c2F)c1. The van der Waals surface area contributed by atoms with E-state index in [9.17, 15) is 9.18 Å². The molecule has 0 atom stereocenters. The number of anilines is 1. The number of fused-ring (bicyclic) bond motifs is 2. The first-order chi connectivity index (χ1) is 19.0. The van der Waals surface area contributed by atoms with Crippen LogP contribution in [0.3, 0.4) is 0 Å². The Morgan fingerprint density at radius 1 is 0.974 bits per heavy atom. The first kappa shape index (κ1) is 24.4. The number of benzene rings is 2. The van der Waals surface area contributed by atoms with Crippen molar-refractivity contribution in [2.45, 2.75) is 26.2 Å². The number of halogens is 2. The maximum Gasteiger partial charge on any atom is 0.224 e. The van der Waals surface area contributed by atoms with Gasteiger partial charge < -0.3 is 10.3 Å². The highest BCUT2D eigenvalue weighted by atomic mass is 19.1. The lowest BCUT2D eigenvalue weighted by atomic mass is 10.0. The number of hydrogen-bond acceptors (Lipinski definition) is 5. The maximum absolute atomic E-state index is 16.0. The zero-order valence-electron chi connectivity index (χ0n) is 20.9. The summed E-state index contributed by atoms with van der Waals surface area (Å²) in [6.07, 6.45) is 6.56. The molecule has 4 aromatic heterocycles. The number of H-pyrrole nitrogens is 2. The molecule has 0 saturated heterocycles. The lowest BCUT2D eigenvalue weighted by Gasteiger charge is -2.08. The number of carbonyl (C=O) groups excluding carboxylic acids is 1. The summed E-state index contributed by atoms with van der Waals surface area (Å²) in [5.41, 5.74) is 3.80. The van der Waals surface area contributed by atoms with Crippen molar-refractivity contribution in [1.82, 2.24) is 30.1 Å². The van der Waals surface area contributed by atoms with E-state index in [1.807, 2.05) is 13.0 Å². The number of pyridine rings is 2. The Bertz CT molecular complexity index is 1840. The average Bonchev–Trinajstić information content (AvgIpc) is 3.57. The Morgan fingerprint density at radius 3 is 2.67 bits per heavy atom. The van der Waals surface area contributed by atoms with Gasteiger partial charge in [-0.05, 0) is 24.6 Å². The molecule has 194 valence electrons. The molecule has 8 nitrogen and oxygen atoms in total. The molecule has 0 aliphatic carbocycles. The summed E-state index contributed by atoms with van der Waals surface area (Å²) in [4.78, 5) is 28.5. The zero-order chi connectivity index (χ0) is 26.9. The van der Waals surface area contributed by atoms with Crippen molar-refractivity contribution in [1.29, 1.82) is 0 Å². The van der Waals surface area contributed by atoms with Crippen LogP contribution >= 0.6 is 0 Å². The van der Waals surface area contributed by atoms with E-state index in [2.05, 4.69) is 35.5 Å². The Hall–Kier alpha value is -4.99. The minimum atomic E-state index is -0.609. The Balaban J connectivity index is 1.42. The van der Waals surface area contributed by atoms with Gasteiger partial charge in [-0.1, -0.05) is 43.7 Å². The van der Waals surface area contributed by atoms with Crippen LogP contribution in [0.4, 0.5) is 14.5 Å². The van der Waals surface area contributed by atoms with E-state index in [0.29, 0.717) is 51.2 Å². The molecule has 10 heteroatoms. The fraction of sp³-hybridized carbons (Fsp3) is 0.138. The summed E-state index contributed by atoms with van der Waals surface area (Å²) in [6.45, 7) is 2.01. The van der Waals surface area contributed by atoms with Gasteiger partial charge in [-0.3, -0.25) is 19.9 Å². The van der Waals surface area contributed by atoms with Crippen LogP contribution in [0.1, 0.15) is 26.2 Å². The summed E-state index contributed by atoms with van der Waals surface area (Å²) in [6, 6.07) is 13.5. The van der Waals surface area contributed by atoms with Crippen LogP contribution in [0, 0.1) is 11.6 Å². The second-order valence-electron chi connectivity index (χ2n) is 9.16. The molecule has 3 N–H and O–H groups in total. The second kappa shape index (κ2) is 10.1. The van der Waals surface area contributed by atoms with Crippen molar-refractivity contribution in [3.8, 4) is 33.9 Å². The first-order valence-corrected chi connectivity index (χ1v) is 12.6. The molecule has 0 radical (unpaired) electrons. The van der Waals surface area contributed by atoms with Crippen LogP contribution in [0.5, 0.6) is 0 Å². The molecule has 0 fully saturated rings. The number of nitrogens with zero attached hydrogens (tertiary/aromatic N) is 4. The van der Waals surface area contributed by atoms with E-state index in [0.717, 1.165) is 12.8 Å². The fourth-order valence-electron chi connectivity index (χ4n) is 4.59. The largest absolute Gasteiger partial charge is 0.337 e. The van der Waals surface area contributed by atoms with E-state index in [-0.39, 0.29) is 28.5 Å². The van der Waals surface area contributed by atoms with Crippen molar-refractivity contribution in [3.63, 3.8) is 0 Å². The molecule has 6 aromatic rings. The number of nitrogens with one attached hydrogen (secondary N) is 3. The van der Waals surface area contributed by atoms with Gasteiger partial charge in [0.2, 0.25) is 5.91 Å². The number of unbranched alkanes of at least 4 members (excludes halogenated alkanes) is 1. The highest BCUT2D eigenvalue weighted by Crippen LogP contribution is 2.35. The number of hydrogen-bond donors (Lipinski definition) is 3.